The average Bonchev–Trinajstić information content (AvgIpc) is 3.21. The fraction of sp³-hybridized carbons (Fsp3) is 0.118. The number of halogens is 1. The van der Waals surface area contributed by atoms with Crippen molar-refractivity contribution >= 4 is 44.2 Å². The Kier molecular flexibility index (Phi) is 4.03. The number of fused-ring (bicyclic) bond motifs is 1. The summed E-state index contributed by atoms with van der Waals surface area (Å²) in [7, 11) is 0. The lowest BCUT2D eigenvalue weighted by molar-refractivity contribution is 0.871. The molecule has 24 heavy (non-hydrogen) atoms. The van der Waals surface area contributed by atoms with Crippen LogP contribution in [0.15, 0.2) is 58.8 Å². The minimum Gasteiger partial charge on any atom is -0.347 e. The fourth-order valence-electron chi connectivity index (χ4n) is 2.52. The molecule has 4 aromatic rings. The van der Waals surface area contributed by atoms with Gasteiger partial charge in [0.15, 0.2) is 0 Å². The Balaban J connectivity index is 1.64. The van der Waals surface area contributed by atoms with E-state index in [1.807, 2.05) is 41.0 Å². The molecule has 0 saturated carbocycles. The Morgan fingerprint density at radius 1 is 1.12 bits per heavy atom. The molecule has 1 atom stereocenters. The number of anilines is 1. The SMILES string of the molecule is CC(Nc1nccc(-n2cnc3ccccc32)n1)c1ccc(Br)s1. The molecule has 1 N–H and O–H groups in total. The molecule has 3 aromatic heterocycles. The molecule has 120 valence electrons. The van der Waals surface area contributed by atoms with E-state index in [1.54, 1.807) is 23.9 Å². The van der Waals surface area contributed by atoms with Crippen molar-refractivity contribution in [3.05, 3.63) is 63.7 Å². The number of imidazole rings is 1. The smallest absolute Gasteiger partial charge is 0.225 e. The number of hydrogen-bond acceptors (Lipinski definition) is 5. The molecular formula is C17H14BrN5S. The molecule has 4 rings (SSSR count). The van der Waals surface area contributed by atoms with E-state index in [0.717, 1.165) is 20.6 Å². The number of hydrogen-bond donors (Lipinski definition) is 1. The van der Waals surface area contributed by atoms with E-state index in [4.69, 9.17) is 0 Å². The predicted octanol–water partition coefficient (Wildman–Crippen LogP) is 4.81. The Hall–Kier alpha value is -2.25. The first kappa shape index (κ1) is 15.3. The molecule has 0 aliphatic rings. The van der Waals surface area contributed by atoms with Crippen LogP contribution in [0.3, 0.4) is 0 Å². The topological polar surface area (TPSA) is 55.6 Å². The van der Waals surface area contributed by atoms with Crippen LogP contribution in [0.2, 0.25) is 0 Å². The number of nitrogens with one attached hydrogen (secondary N) is 1. The van der Waals surface area contributed by atoms with Crippen molar-refractivity contribution < 1.29 is 0 Å². The van der Waals surface area contributed by atoms with E-state index >= 15 is 0 Å². The van der Waals surface area contributed by atoms with E-state index in [0.29, 0.717) is 5.95 Å². The summed E-state index contributed by atoms with van der Waals surface area (Å²) >= 11 is 5.20. The minimum absolute atomic E-state index is 0.135. The van der Waals surface area contributed by atoms with Crippen LogP contribution < -0.4 is 5.32 Å². The molecular weight excluding hydrogens is 386 g/mol. The van der Waals surface area contributed by atoms with Gasteiger partial charge in [0.05, 0.1) is 20.9 Å². The molecule has 3 heterocycles. The van der Waals surface area contributed by atoms with Gasteiger partial charge in [-0.25, -0.2) is 9.97 Å². The molecule has 0 saturated heterocycles. The first-order chi connectivity index (χ1) is 11.7. The lowest BCUT2D eigenvalue weighted by Crippen LogP contribution is -2.09. The molecule has 0 radical (unpaired) electrons. The predicted molar refractivity (Wildman–Crippen MR) is 101 cm³/mol. The van der Waals surface area contributed by atoms with Crippen molar-refractivity contribution in [1.82, 2.24) is 19.5 Å². The zero-order valence-electron chi connectivity index (χ0n) is 12.8. The standard InChI is InChI=1S/C17H14BrN5S/c1-11(14-6-7-15(18)24-14)21-17-19-9-8-16(22-17)23-10-20-12-4-2-3-5-13(12)23/h2-11H,1H3,(H,19,21,22). The zero-order chi connectivity index (χ0) is 16.5. The van der Waals surface area contributed by atoms with Crippen molar-refractivity contribution in [3.8, 4) is 5.82 Å². The van der Waals surface area contributed by atoms with Gasteiger partial charge in [0, 0.05) is 11.1 Å². The van der Waals surface area contributed by atoms with E-state index in [-0.39, 0.29) is 6.04 Å². The number of nitrogens with zero attached hydrogens (tertiary/aromatic N) is 4. The fourth-order valence-corrected chi connectivity index (χ4v) is 3.95. The Labute approximate surface area is 151 Å². The zero-order valence-corrected chi connectivity index (χ0v) is 15.3. The Morgan fingerprint density at radius 2 is 2.00 bits per heavy atom. The maximum absolute atomic E-state index is 4.63. The molecule has 0 amide bonds. The first-order valence-corrected chi connectivity index (χ1v) is 9.09. The average molecular weight is 400 g/mol. The Morgan fingerprint density at radius 3 is 2.83 bits per heavy atom. The van der Waals surface area contributed by atoms with Gasteiger partial charge in [-0.15, -0.1) is 11.3 Å². The summed E-state index contributed by atoms with van der Waals surface area (Å²) in [5.74, 6) is 1.39. The van der Waals surface area contributed by atoms with E-state index in [2.05, 4.69) is 49.2 Å². The van der Waals surface area contributed by atoms with E-state index in [1.165, 1.54) is 4.88 Å². The quantitative estimate of drug-likeness (QED) is 0.534. The molecule has 0 aliphatic heterocycles. The van der Waals surface area contributed by atoms with Crippen LogP contribution in [0.25, 0.3) is 16.9 Å². The van der Waals surface area contributed by atoms with Crippen molar-refractivity contribution in [2.75, 3.05) is 5.32 Å². The highest BCUT2D eigenvalue weighted by atomic mass is 79.9. The number of benzene rings is 1. The minimum atomic E-state index is 0.135. The van der Waals surface area contributed by atoms with Gasteiger partial charge in [-0.2, -0.15) is 4.98 Å². The van der Waals surface area contributed by atoms with Gasteiger partial charge in [-0.05, 0) is 53.2 Å². The number of rotatable bonds is 4. The van der Waals surface area contributed by atoms with Crippen molar-refractivity contribution in [2.24, 2.45) is 0 Å². The maximum Gasteiger partial charge on any atom is 0.225 e. The van der Waals surface area contributed by atoms with Gasteiger partial charge in [0.2, 0.25) is 5.95 Å². The molecule has 1 unspecified atom stereocenters. The van der Waals surface area contributed by atoms with Crippen molar-refractivity contribution in [2.45, 2.75) is 13.0 Å². The lowest BCUT2D eigenvalue weighted by atomic mass is 10.3. The van der Waals surface area contributed by atoms with Crippen LogP contribution >= 0.6 is 27.3 Å². The molecule has 0 bridgehead atoms. The van der Waals surface area contributed by atoms with E-state index in [9.17, 15) is 0 Å². The van der Waals surface area contributed by atoms with Gasteiger partial charge < -0.3 is 5.32 Å². The third kappa shape index (κ3) is 2.92. The summed E-state index contributed by atoms with van der Waals surface area (Å²) in [4.78, 5) is 14.6. The second-order valence-electron chi connectivity index (χ2n) is 5.35. The largest absolute Gasteiger partial charge is 0.347 e. The number of thiophene rings is 1. The van der Waals surface area contributed by atoms with Crippen LogP contribution in [0.4, 0.5) is 5.95 Å². The number of para-hydroxylation sites is 2. The van der Waals surface area contributed by atoms with Gasteiger partial charge in [0.1, 0.15) is 12.1 Å². The molecule has 0 fully saturated rings. The van der Waals surface area contributed by atoms with Crippen LogP contribution in [0.1, 0.15) is 17.8 Å². The molecule has 7 heteroatoms. The van der Waals surface area contributed by atoms with Crippen molar-refractivity contribution in [3.63, 3.8) is 0 Å². The van der Waals surface area contributed by atoms with E-state index < -0.39 is 0 Å². The second-order valence-corrected chi connectivity index (χ2v) is 7.84. The highest BCUT2D eigenvalue weighted by Crippen LogP contribution is 2.28. The molecule has 1 aromatic carbocycles. The number of aromatic nitrogens is 4. The second kappa shape index (κ2) is 6.33. The van der Waals surface area contributed by atoms with Crippen LogP contribution in [-0.2, 0) is 0 Å². The molecule has 0 aliphatic carbocycles. The van der Waals surface area contributed by atoms with Crippen molar-refractivity contribution in [1.29, 1.82) is 0 Å². The van der Waals surface area contributed by atoms with Gasteiger partial charge in [0.25, 0.3) is 0 Å². The van der Waals surface area contributed by atoms with Crippen LogP contribution in [-0.4, -0.2) is 19.5 Å². The summed E-state index contributed by atoms with van der Waals surface area (Å²) in [6.07, 6.45) is 3.55. The van der Waals surface area contributed by atoms with Crippen LogP contribution in [0.5, 0.6) is 0 Å². The molecule has 5 nitrogen and oxygen atoms in total. The lowest BCUT2D eigenvalue weighted by Gasteiger charge is -2.13. The Bertz CT molecular complexity index is 993. The summed E-state index contributed by atoms with van der Waals surface area (Å²) in [6.45, 7) is 2.10. The highest BCUT2D eigenvalue weighted by Gasteiger charge is 2.11. The van der Waals surface area contributed by atoms with Gasteiger partial charge in [-0.3, -0.25) is 4.57 Å². The summed E-state index contributed by atoms with van der Waals surface area (Å²) in [5, 5.41) is 3.36. The first-order valence-electron chi connectivity index (χ1n) is 7.48. The normalized spacial score (nSPS) is 12.4. The monoisotopic (exact) mass is 399 g/mol. The molecule has 0 spiro atoms. The summed E-state index contributed by atoms with van der Waals surface area (Å²) in [6, 6.07) is 14.2. The van der Waals surface area contributed by atoms with Crippen LogP contribution in [0, 0.1) is 0 Å². The highest BCUT2D eigenvalue weighted by molar-refractivity contribution is 9.11. The van der Waals surface area contributed by atoms with Gasteiger partial charge >= 0.3 is 0 Å². The third-order valence-electron chi connectivity index (χ3n) is 3.71. The summed E-state index contributed by atoms with van der Waals surface area (Å²) < 4.78 is 3.08. The maximum atomic E-state index is 4.63. The van der Waals surface area contributed by atoms with Gasteiger partial charge in [-0.1, -0.05) is 12.1 Å². The summed E-state index contributed by atoms with van der Waals surface area (Å²) in [5.41, 5.74) is 1.97. The third-order valence-corrected chi connectivity index (χ3v) is 5.51.